The minimum absolute atomic E-state index is 0.510. The maximum atomic E-state index is 5.87. The molecule has 0 aliphatic rings. The number of nitrogen functional groups attached to an aromatic ring is 1. The van der Waals surface area contributed by atoms with Gasteiger partial charge in [-0.15, -0.1) is 0 Å². The molecule has 0 spiro atoms. The zero-order valence-electron chi connectivity index (χ0n) is 11.4. The standard InChI is InChI=1S/C16H18BrNO2/c1-2-8-19-16-10-14(6-7-15(16)18)20-11-12-4-3-5-13(17)9-12/h3-7,9-10H,2,8,11,18H2,1H3. The van der Waals surface area contributed by atoms with E-state index in [0.29, 0.717) is 24.7 Å². The Bertz CT molecular complexity index is 572. The predicted octanol–water partition coefficient (Wildman–Crippen LogP) is 4.40. The van der Waals surface area contributed by atoms with Gasteiger partial charge in [-0.1, -0.05) is 35.0 Å². The number of anilines is 1. The zero-order valence-corrected chi connectivity index (χ0v) is 13.0. The molecular weight excluding hydrogens is 318 g/mol. The van der Waals surface area contributed by atoms with E-state index in [1.54, 1.807) is 6.07 Å². The van der Waals surface area contributed by atoms with Crippen molar-refractivity contribution in [2.45, 2.75) is 20.0 Å². The topological polar surface area (TPSA) is 44.5 Å². The van der Waals surface area contributed by atoms with E-state index in [1.807, 2.05) is 36.4 Å². The number of hydrogen-bond donors (Lipinski definition) is 1. The number of hydrogen-bond acceptors (Lipinski definition) is 3. The minimum Gasteiger partial charge on any atom is -0.491 e. The highest BCUT2D eigenvalue weighted by molar-refractivity contribution is 9.10. The van der Waals surface area contributed by atoms with Gasteiger partial charge in [0.1, 0.15) is 18.1 Å². The van der Waals surface area contributed by atoms with Crippen molar-refractivity contribution in [3.8, 4) is 11.5 Å². The normalized spacial score (nSPS) is 10.3. The molecule has 20 heavy (non-hydrogen) atoms. The molecule has 0 amide bonds. The van der Waals surface area contributed by atoms with Gasteiger partial charge in [0.15, 0.2) is 0 Å². The van der Waals surface area contributed by atoms with Crippen molar-refractivity contribution in [2.24, 2.45) is 0 Å². The second kappa shape index (κ2) is 7.20. The Hall–Kier alpha value is -1.68. The minimum atomic E-state index is 0.510. The lowest BCUT2D eigenvalue weighted by Gasteiger charge is -2.11. The molecule has 0 aromatic heterocycles. The average Bonchev–Trinajstić information content (AvgIpc) is 2.45. The molecule has 4 heteroatoms. The van der Waals surface area contributed by atoms with Crippen LogP contribution in [0.1, 0.15) is 18.9 Å². The molecule has 0 radical (unpaired) electrons. The largest absolute Gasteiger partial charge is 0.491 e. The number of rotatable bonds is 6. The van der Waals surface area contributed by atoms with Crippen molar-refractivity contribution in [1.29, 1.82) is 0 Å². The lowest BCUT2D eigenvalue weighted by Crippen LogP contribution is -2.00. The number of ether oxygens (including phenoxy) is 2. The van der Waals surface area contributed by atoms with Crippen LogP contribution in [-0.2, 0) is 6.61 Å². The van der Waals surface area contributed by atoms with Crippen LogP contribution in [0.2, 0.25) is 0 Å². The fourth-order valence-electron chi connectivity index (χ4n) is 1.73. The summed E-state index contributed by atoms with van der Waals surface area (Å²) in [6.45, 7) is 3.22. The molecule has 2 N–H and O–H groups in total. The molecule has 2 aromatic carbocycles. The molecule has 2 rings (SSSR count). The summed E-state index contributed by atoms with van der Waals surface area (Å²) in [5.41, 5.74) is 7.61. The lowest BCUT2D eigenvalue weighted by molar-refractivity contribution is 0.295. The van der Waals surface area contributed by atoms with E-state index in [2.05, 4.69) is 22.9 Å². The molecule has 0 fully saturated rings. The van der Waals surface area contributed by atoms with Gasteiger partial charge in [-0.05, 0) is 36.2 Å². The smallest absolute Gasteiger partial charge is 0.145 e. The van der Waals surface area contributed by atoms with Crippen molar-refractivity contribution < 1.29 is 9.47 Å². The molecule has 0 aliphatic heterocycles. The van der Waals surface area contributed by atoms with E-state index in [9.17, 15) is 0 Å². The molecular formula is C16H18BrNO2. The second-order valence-corrected chi connectivity index (χ2v) is 5.38. The third kappa shape index (κ3) is 4.17. The summed E-state index contributed by atoms with van der Waals surface area (Å²) in [6, 6.07) is 13.5. The molecule has 0 unspecified atom stereocenters. The third-order valence-corrected chi connectivity index (χ3v) is 3.23. The molecule has 3 nitrogen and oxygen atoms in total. The highest BCUT2D eigenvalue weighted by Gasteiger charge is 2.04. The monoisotopic (exact) mass is 335 g/mol. The summed E-state index contributed by atoms with van der Waals surface area (Å²) in [4.78, 5) is 0. The summed E-state index contributed by atoms with van der Waals surface area (Å²) in [6.07, 6.45) is 0.947. The second-order valence-electron chi connectivity index (χ2n) is 4.47. The fraction of sp³-hybridized carbons (Fsp3) is 0.250. The van der Waals surface area contributed by atoms with Gasteiger partial charge >= 0.3 is 0 Å². The first kappa shape index (κ1) is 14.7. The Morgan fingerprint density at radius 1 is 1.10 bits per heavy atom. The van der Waals surface area contributed by atoms with Gasteiger partial charge in [-0.2, -0.15) is 0 Å². The highest BCUT2D eigenvalue weighted by Crippen LogP contribution is 2.27. The summed E-state index contributed by atoms with van der Waals surface area (Å²) in [5.74, 6) is 1.43. The van der Waals surface area contributed by atoms with Crippen molar-refractivity contribution in [2.75, 3.05) is 12.3 Å². The van der Waals surface area contributed by atoms with E-state index in [-0.39, 0.29) is 0 Å². The van der Waals surface area contributed by atoms with E-state index in [4.69, 9.17) is 15.2 Å². The number of nitrogens with two attached hydrogens (primary N) is 1. The Morgan fingerprint density at radius 2 is 1.95 bits per heavy atom. The van der Waals surface area contributed by atoms with E-state index < -0.39 is 0 Å². The SMILES string of the molecule is CCCOc1cc(OCc2cccc(Br)c2)ccc1N. The van der Waals surface area contributed by atoms with Crippen LogP contribution in [0.25, 0.3) is 0 Å². The molecule has 0 atom stereocenters. The van der Waals surface area contributed by atoms with Crippen LogP contribution in [0.5, 0.6) is 11.5 Å². The number of benzene rings is 2. The summed E-state index contributed by atoms with van der Waals surface area (Å²) >= 11 is 3.45. The van der Waals surface area contributed by atoms with Crippen LogP contribution < -0.4 is 15.2 Å². The van der Waals surface area contributed by atoms with Crippen LogP contribution >= 0.6 is 15.9 Å². The summed E-state index contributed by atoms with van der Waals surface area (Å²) in [5, 5.41) is 0. The van der Waals surface area contributed by atoms with Crippen molar-refractivity contribution in [3.63, 3.8) is 0 Å². The maximum absolute atomic E-state index is 5.87. The Morgan fingerprint density at radius 3 is 2.70 bits per heavy atom. The van der Waals surface area contributed by atoms with Crippen LogP contribution in [0.15, 0.2) is 46.9 Å². The summed E-state index contributed by atoms with van der Waals surface area (Å²) in [7, 11) is 0. The van der Waals surface area contributed by atoms with Crippen LogP contribution in [-0.4, -0.2) is 6.61 Å². The van der Waals surface area contributed by atoms with Gasteiger partial charge in [-0.3, -0.25) is 0 Å². The average molecular weight is 336 g/mol. The van der Waals surface area contributed by atoms with Crippen molar-refractivity contribution in [1.82, 2.24) is 0 Å². The van der Waals surface area contributed by atoms with Crippen LogP contribution in [0.3, 0.4) is 0 Å². The van der Waals surface area contributed by atoms with E-state index in [0.717, 1.165) is 22.2 Å². The maximum Gasteiger partial charge on any atom is 0.145 e. The molecule has 106 valence electrons. The first-order valence-electron chi connectivity index (χ1n) is 6.58. The Balaban J connectivity index is 2.02. The van der Waals surface area contributed by atoms with Crippen molar-refractivity contribution >= 4 is 21.6 Å². The van der Waals surface area contributed by atoms with Crippen molar-refractivity contribution in [3.05, 3.63) is 52.5 Å². The summed E-state index contributed by atoms with van der Waals surface area (Å²) < 4.78 is 12.4. The zero-order chi connectivity index (χ0) is 14.4. The van der Waals surface area contributed by atoms with Gasteiger partial charge < -0.3 is 15.2 Å². The van der Waals surface area contributed by atoms with Gasteiger partial charge in [0, 0.05) is 10.5 Å². The van der Waals surface area contributed by atoms with E-state index in [1.165, 1.54) is 0 Å². The molecule has 0 saturated carbocycles. The highest BCUT2D eigenvalue weighted by atomic mass is 79.9. The van der Waals surface area contributed by atoms with Crippen LogP contribution in [0.4, 0.5) is 5.69 Å². The molecule has 0 aliphatic carbocycles. The quantitative estimate of drug-likeness (QED) is 0.795. The van der Waals surface area contributed by atoms with Gasteiger partial charge in [0.25, 0.3) is 0 Å². The molecule has 0 saturated heterocycles. The first-order valence-corrected chi connectivity index (χ1v) is 7.38. The lowest BCUT2D eigenvalue weighted by atomic mass is 10.2. The van der Waals surface area contributed by atoms with Crippen LogP contribution in [0, 0.1) is 0 Å². The number of halogens is 1. The third-order valence-electron chi connectivity index (χ3n) is 2.74. The van der Waals surface area contributed by atoms with Gasteiger partial charge in [0.05, 0.1) is 12.3 Å². The van der Waals surface area contributed by atoms with E-state index >= 15 is 0 Å². The van der Waals surface area contributed by atoms with Gasteiger partial charge in [0.2, 0.25) is 0 Å². The Kier molecular flexibility index (Phi) is 5.30. The Labute approximate surface area is 127 Å². The molecule has 2 aromatic rings. The van der Waals surface area contributed by atoms with Gasteiger partial charge in [-0.25, -0.2) is 0 Å². The molecule has 0 heterocycles. The predicted molar refractivity (Wildman–Crippen MR) is 85.1 cm³/mol. The molecule has 0 bridgehead atoms. The fourth-order valence-corrected chi connectivity index (χ4v) is 2.18. The first-order chi connectivity index (χ1) is 9.69.